The number of pyridine rings is 1. The normalized spacial score (nSPS) is 10.7. The summed E-state index contributed by atoms with van der Waals surface area (Å²) in [5.74, 6) is 0.443. The second-order valence-electron chi connectivity index (χ2n) is 5.72. The molecule has 26 heavy (non-hydrogen) atoms. The summed E-state index contributed by atoms with van der Waals surface area (Å²) in [6.45, 7) is 2.47. The van der Waals surface area contributed by atoms with Gasteiger partial charge in [0.15, 0.2) is 0 Å². The highest BCUT2D eigenvalue weighted by Crippen LogP contribution is 2.19. The second-order valence-corrected chi connectivity index (χ2v) is 5.72. The molecule has 0 bridgehead atoms. The van der Waals surface area contributed by atoms with Gasteiger partial charge in [-0.3, -0.25) is 14.0 Å². The van der Waals surface area contributed by atoms with Gasteiger partial charge >= 0.3 is 5.97 Å². The van der Waals surface area contributed by atoms with E-state index in [-0.39, 0.29) is 24.6 Å². The number of benzene rings is 1. The molecule has 3 aromatic rings. The Bertz CT molecular complexity index is 965. The van der Waals surface area contributed by atoms with E-state index in [1.807, 2.05) is 31.2 Å². The van der Waals surface area contributed by atoms with Crippen LogP contribution in [0.25, 0.3) is 5.65 Å². The molecular weight excluding hydrogens is 332 g/mol. The first kappa shape index (κ1) is 17.7. The first-order chi connectivity index (χ1) is 12.7. The summed E-state index contributed by atoms with van der Waals surface area (Å²) in [5, 5.41) is 0. The quantitative estimate of drug-likeness (QED) is 0.612. The molecule has 2 heterocycles. The van der Waals surface area contributed by atoms with E-state index in [4.69, 9.17) is 9.47 Å². The number of aromatic nitrogens is 2. The SMILES string of the molecule is CCOc1ccccc1CCC(=O)OCc1cc(=O)n2ccccc2n1. The van der Waals surface area contributed by atoms with E-state index >= 15 is 0 Å². The van der Waals surface area contributed by atoms with Crippen molar-refractivity contribution in [1.82, 2.24) is 9.38 Å². The Labute approximate surface area is 151 Å². The van der Waals surface area contributed by atoms with Gasteiger partial charge in [-0.25, -0.2) is 4.98 Å². The molecule has 3 rings (SSSR count). The van der Waals surface area contributed by atoms with E-state index in [1.54, 1.807) is 24.4 Å². The van der Waals surface area contributed by atoms with Crippen molar-refractivity contribution in [3.8, 4) is 5.75 Å². The number of esters is 1. The average Bonchev–Trinajstić information content (AvgIpc) is 2.66. The van der Waals surface area contributed by atoms with Crippen molar-refractivity contribution in [2.75, 3.05) is 6.61 Å². The minimum absolute atomic E-state index is 0.0213. The van der Waals surface area contributed by atoms with E-state index in [0.717, 1.165) is 11.3 Å². The minimum atomic E-state index is -0.341. The van der Waals surface area contributed by atoms with Crippen molar-refractivity contribution in [3.63, 3.8) is 0 Å². The molecule has 0 amide bonds. The van der Waals surface area contributed by atoms with Gasteiger partial charge in [0.05, 0.1) is 12.3 Å². The highest BCUT2D eigenvalue weighted by molar-refractivity contribution is 5.69. The molecule has 0 N–H and O–H groups in total. The van der Waals surface area contributed by atoms with E-state index in [2.05, 4.69) is 4.98 Å². The van der Waals surface area contributed by atoms with Crippen LogP contribution in [0.2, 0.25) is 0 Å². The van der Waals surface area contributed by atoms with Crippen molar-refractivity contribution in [3.05, 3.63) is 76.3 Å². The maximum atomic E-state index is 12.0. The second kappa shape index (κ2) is 8.29. The van der Waals surface area contributed by atoms with Crippen LogP contribution in [-0.4, -0.2) is 22.0 Å². The van der Waals surface area contributed by atoms with Crippen molar-refractivity contribution in [1.29, 1.82) is 0 Å². The summed E-state index contributed by atoms with van der Waals surface area (Å²) in [6, 6.07) is 14.3. The van der Waals surface area contributed by atoms with Gasteiger partial charge < -0.3 is 9.47 Å². The maximum Gasteiger partial charge on any atom is 0.306 e. The number of carbonyl (C=O) groups excluding carboxylic acids is 1. The largest absolute Gasteiger partial charge is 0.494 e. The van der Waals surface area contributed by atoms with Crippen LogP contribution < -0.4 is 10.3 Å². The molecule has 0 atom stereocenters. The highest BCUT2D eigenvalue weighted by Gasteiger charge is 2.09. The monoisotopic (exact) mass is 352 g/mol. The van der Waals surface area contributed by atoms with Gasteiger partial charge in [-0.05, 0) is 37.1 Å². The molecule has 1 aromatic carbocycles. The number of rotatable bonds is 7. The van der Waals surface area contributed by atoms with Gasteiger partial charge in [0.25, 0.3) is 5.56 Å². The fourth-order valence-electron chi connectivity index (χ4n) is 2.65. The van der Waals surface area contributed by atoms with E-state index in [1.165, 1.54) is 10.5 Å². The molecule has 0 aliphatic rings. The number of para-hydroxylation sites is 1. The molecule has 2 aromatic heterocycles. The Morgan fingerprint density at radius 1 is 1.15 bits per heavy atom. The van der Waals surface area contributed by atoms with Gasteiger partial charge in [0.2, 0.25) is 0 Å². The summed E-state index contributed by atoms with van der Waals surface area (Å²) >= 11 is 0. The van der Waals surface area contributed by atoms with Crippen LogP contribution in [-0.2, 0) is 22.6 Å². The summed E-state index contributed by atoms with van der Waals surface area (Å²) in [7, 11) is 0. The molecule has 0 spiro atoms. The van der Waals surface area contributed by atoms with Crippen LogP contribution in [0.5, 0.6) is 5.75 Å². The summed E-state index contributed by atoms with van der Waals surface area (Å²) in [4.78, 5) is 28.4. The average molecular weight is 352 g/mol. The number of fused-ring (bicyclic) bond motifs is 1. The smallest absolute Gasteiger partial charge is 0.306 e. The lowest BCUT2D eigenvalue weighted by atomic mass is 10.1. The summed E-state index contributed by atoms with van der Waals surface area (Å²) < 4.78 is 12.3. The van der Waals surface area contributed by atoms with Gasteiger partial charge in [-0.2, -0.15) is 0 Å². The van der Waals surface area contributed by atoms with Crippen LogP contribution in [0.3, 0.4) is 0 Å². The Morgan fingerprint density at radius 2 is 1.96 bits per heavy atom. The zero-order chi connectivity index (χ0) is 18.4. The molecule has 0 saturated heterocycles. The number of carbonyl (C=O) groups is 1. The Hall–Kier alpha value is -3.15. The van der Waals surface area contributed by atoms with E-state index in [0.29, 0.717) is 24.4 Å². The number of nitrogens with zero attached hydrogens (tertiary/aromatic N) is 2. The van der Waals surface area contributed by atoms with Crippen LogP contribution in [0.15, 0.2) is 59.5 Å². The lowest BCUT2D eigenvalue weighted by molar-refractivity contribution is -0.145. The molecule has 0 aliphatic heterocycles. The molecule has 0 radical (unpaired) electrons. The van der Waals surface area contributed by atoms with Crippen LogP contribution >= 0.6 is 0 Å². The van der Waals surface area contributed by atoms with Crippen LogP contribution in [0.4, 0.5) is 0 Å². The fourth-order valence-corrected chi connectivity index (χ4v) is 2.65. The fraction of sp³-hybridized carbons (Fsp3) is 0.250. The topological polar surface area (TPSA) is 69.9 Å². The Kier molecular flexibility index (Phi) is 5.63. The third-order valence-corrected chi connectivity index (χ3v) is 3.88. The summed E-state index contributed by atoms with van der Waals surface area (Å²) in [6.07, 6.45) is 2.41. The number of ether oxygens (including phenoxy) is 2. The highest BCUT2D eigenvalue weighted by atomic mass is 16.5. The number of hydrogen-bond donors (Lipinski definition) is 0. The zero-order valence-electron chi connectivity index (χ0n) is 14.6. The summed E-state index contributed by atoms with van der Waals surface area (Å²) in [5.41, 5.74) is 1.72. The molecular formula is C20H20N2O4. The Balaban J connectivity index is 1.59. The minimum Gasteiger partial charge on any atom is -0.494 e. The Morgan fingerprint density at radius 3 is 2.81 bits per heavy atom. The van der Waals surface area contributed by atoms with Crippen LogP contribution in [0, 0.1) is 0 Å². The van der Waals surface area contributed by atoms with Crippen molar-refractivity contribution < 1.29 is 14.3 Å². The maximum absolute atomic E-state index is 12.0. The van der Waals surface area contributed by atoms with Gasteiger partial charge in [0.1, 0.15) is 18.0 Å². The van der Waals surface area contributed by atoms with Crippen LogP contribution in [0.1, 0.15) is 24.6 Å². The first-order valence-corrected chi connectivity index (χ1v) is 8.51. The third-order valence-electron chi connectivity index (χ3n) is 3.88. The third kappa shape index (κ3) is 4.27. The molecule has 0 aliphatic carbocycles. The van der Waals surface area contributed by atoms with E-state index < -0.39 is 0 Å². The molecule has 0 fully saturated rings. The molecule has 0 unspecified atom stereocenters. The van der Waals surface area contributed by atoms with Gasteiger partial charge in [-0.15, -0.1) is 0 Å². The predicted octanol–water partition coefficient (Wildman–Crippen LogP) is 2.77. The first-order valence-electron chi connectivity index (χ1n) is 8.51. The lowest BCUT2D eigenvalue weighted by Crippen LogP contribution is -2.16. The van der Waals surface area contributed by atoms with E-state index in [9.17, 15) is 9.59 Å². The zero-order valence-corrected chi connectivity index (χ0v) is 14.6. The molecule has 6 nitrogen and oxygen atoms in total. The molecule has 6 heteroatoms. The molecule has 134 valence electrons. The standard InChI is InChI=1S/C20H20N2O4/c1-2-25-17-8-4-3-7-15(17)10-11-20(24)26-14-16-13-19(23)22-12-6-5-9-18(22)21-16/h3-9,12-13H,2,10-11,14H2,1H3. The van der Waals surface area contributed by atoms with Crippen molar-refractivity contribution >= 4 is 11.6 Å². The lowest BCUT2D eigenvalue weighted by Gasteiger charge is -2.10. The van der Waals surface area contributed by atoms with Gasteiger partial charge in [0, 0.05) is 18.7 Å². The number of hydrogen-bond acceptors (Lipinski definition) is 5. The molecule has 0 saturated carbocycles. The van der Waals surface area contributed by atoms with Crippen molar-refractivity contribution in [2.24, 2.45) is 0 Å². The number of aryl methyl sites for hydroxylation is 1. The van der Waals surface area contributed by atoms with Crippen molar-refractivity contribution in [2.45, 2.75) is 26.4 Å². The van der Waals surface area contributed by atoms with Gasteiger partial charge in [-0.1, -0.05) is 24.3 Å². The predicted molar refractivity (Wildman–Crippen MR) is 97.2 cm³/mol.